The number of rotatable bonds is 3. The minimum absolute atomic E-state index is 0.157. The number of nitrogens with one attached hydrogen (secondary N) is 1. The van der Waals surface area contributed by atoms with Crippen LogP contribution >= 0.6 is 0 Å². The Labute approximate surface area is 150 Å². The molecule has 6 heteroatoms. The van der Waals surface area contributed by atoms with Crippen molar-refractivity contribution >= 4 is 16.8 Å². The van der Waals surface area contributed by atoms with Gasteiger partial charge in [-0.2, -0.15) is 5.10 Å². The van der Waals surface area contributed by atoms with Gasteiger partial charge in [0.15, 0.2) is 5.69 Å². The van der Waals surface area contributed by atoms with E-state index in [0.717, 1.165) is 10.9 Å². The predicted molar refractivity (Wildman–Crippen MR) is 97.0 cm³/mol. The fraction of sp³-hybridized carbons (Fsp3) is 0.300. The lowest BCUT2D eigenvalue weighted by molar-refractivity contribution is 0.0417. The number of aromatic amines is 1. The SMILES string of the molecule is COc1cccc(C2(F)CCN(C(=O)c3n[nH]c4ccccc34)CC2)c1. The Morgan fingerprint density at radius 3 is 2.73 bits per heavy atom. The van der Waals surface area contributed by atoms with Gasteiger partial charge in [-0.25, -0.2) is 4.39 Å². The van der Waals surface area contributed by atoms with Gasteiger partial charge in [0, 0.05) is 31.3 Å². The van der Waals surface area contributed by atoms with Gasteiger partial charge in [0.1, 0.15) is 11.4 Å². The molecule has 3 aromatic rings. The second kappa shape index (κ2) is 6.44. The van der Waals surface area contributed by atoms with E-state index in [1.54, 1.807) is 36.3 Å². The molecule has 0 unspecified atom stereocenters. The second-order valence-electron chi connectivity index (χ2n) is 6.61. The molecule has 1 aliphatic heterocycles. The molecule has 4 rings (SSSR count). The lowest BCUT2D eigenvalue weighted by Crippen LogP contribution is -2.43. The molecular weight excluding hydrogens is 333 g/mol. The summed E-state index contributed by atoms with van der Waals surface area (Å²) < 4.78 is 20.6. The highest BCUT2D eigenvalue weighted by atomic mass is 19.1. The summed E-state index contributed by atoms with van der Waals surface area (Å²) in [7, 11) is 1.57. The number of alkyl halides is 1. The largest absolute Gasteiger partial charge is 0.497 e. The topological polar surface area (TPSA) is 58.2 Å². The zero-order chi connectivity index (χ0) is 18.1. The molecular formula is C20H20FN3O2. The first-order valence-corrected chi connectivity index (χ1v) is 8.66. The fourth-order valence-electron chi connectivity index (χ4n) is 3.53. The third kappa shape index (κ3) is 2.81. The molecule has 1 aliphatic rings. The Hall–Kier alpha value is -2.89. The number of H-pyrrole nitrogens is 1. The van der Waals surface area contributed by atoms with Gasteiger partial charge in [0.25, 0.3) is 5.91 Å². The lowest BCUT2D eigenvalue weighted by Gasteiger charge is -2.36. The van der Waals surface area contributed by atoms with Crippen molar-refractivity contribution in [1.82, 2.24) is 15.1 Å². The molecule has 0 spiro atoms. The summed E-state index contributed by atoms with van der Waals surface area (Å²) in [4.78, 5) is 14.5. The van der Waals surface area contributed by atoms with Crippen molar-refractivity contribution in [1.29, 1.82) is 0 Å². The van der Waals surface area contributed by atoms with Crippen molar-refractivity contribution < 1.29 is 13.9 Å². The number of carbonyl (C=O) groups excluding carboxylic acids is 1. The fourth-order valence-corrected chi connectivity index (χ4v) is 3.53. The van der Waals surface area contributed by atoms with Gasteiger partial charge in [0.05, 0.1) is 12.6 Å². The summed E-state index contributed by atoms with van der Waals surface area (Å²) in [6.45, 7) is 0.710. The van der Waals surface area contributed by atoms with Crippen molar-refractivity contribution in [3.63, 3.8) is 0 Å². The van der Waals surface area contributed by atoms with E-state index >= 15 is 4.39 Å². The van der Waals surface area contributed by atoms with E-state index in [-0.39, 0.29) is 18.7 Å². The van der Waals surface area contributed by atoms with Crippen LogP contribution in [-0.4, -0.2) is 41.2 Å². The average Bonchev–Trinajstić information content (AvgIpc) is 3.12. The van der Waals surface area contributed by atoms with Gasteiger partial charge in [-0.3, -0.25) is 9.89 Å². The summed E-state index contributed by atoms with van der Waals surface area (Å²) in [5.74, 6) is 0.483. The number of aromatic nitrogens is 2. The Morgan fingerprint density at radius 1 is 1.19 bits per heavy atom. The molecule has 0 radical (unpaired) electrons. The summed E-state index contributed by atoms with van der Waals surface area (Å²) in [6, 6.07) is 14.6. The summed E-state index contributed by atoms with van der Waals surface area (Å²) in [6.07, 6.45) is 0.516. The van der Waals surface area contributed by atoms with E-state index in [1.807, 2.05) is 24.3 Å². The van der Waals surface area contributed by atoms with Crippen LogP contribution in [0.3, 0.4) is 0 Å². The molecule has 1 amide bonds. The van der Waals surface area contributed by atoms with Crippen molar-refractivity contribution in [2.45, 2.75) is 18.5 Å². The van der Waals surface area contributed by atoms with E-state index < -0.39 is 5.67 Å². The zero-order valence-corrected chi connectivity index (χ0v) is 14.5. The Kier molecular flexibility index (Phi) is 4.11. The van der Waals surface area contributed by atoms with Crippen LogP contribution in [0.4, 0.5) is 4.39 Å². The van der Waals surface area contributed by atoms with Gasteiger partial charge in [-0.15, -0.1) is 0 Å². The van der Waals surface area contributed by atoms with Crippen LogP contribution in [0.1, 0.15) is 28.9 Å². The number of carbonyl (C=O) groups is 1. The van der Waals surface area contributed by atoms with E-state index in [1.165, 1.54) is 0 Å². The first-order valence-electron chi connectivity index (χ1n) is 8.66. The number of para-hydroxylation sites is 1. The van der Waals surface area contributed by atoms with Crippen LogP contribution in [0, 0.1) is 0 Å². The van der Waals surface area contributed by atoms with E-state index in [4.69, 9.17) is 4.74 Å². The minimum atomic E-state index is -1.45. The van der Waals surface area contributed by atoms with Gasteiger partial charge >= 0.3 is 0 Å². The van der Waals surface area contributed by atoms with E-state index in [2.05, 4.69) is 10.2 Å². The first-order chi connectivity index (χ1) is 12.6. The predicted octanol–water partition coefficient (Wildman–Crippen LogP) is 3.67. The monoisotopic (exact) mass is 353 g/mol. The molecule has 26 heavy (non-hydrogen) atoms. The van der Waals surface area contributed by atoms with Crippen molar-refractivity contribution in [3.8, 4) is 5.75 Å². The molecule has 0 saturated carbocycles. The Balaban J connectivity index is 1.51. The summed E-state index contributed by atoms with van der Waals surface area (Å²) in [5, 5.41) is 7.83. The quantitative estimate of drug-likeness (QED) is 0.782. The number of fused-ring (bicyclic) bond motifs is 1. The first kappa shape index (κ1) is 16.6. The molecule has 134 valence electrons. The third-order valence-corrected chi connectivity index (χ3v) is 5.10. The van der Waals surface area contributed by atoms with Gasteiger partial charge < -0.3 is 9.64 Å². The molecule has 0 atom stereocenters. The van der Waals surface area contributed by atoms with Crippen LogP contribution in [0.2, 0.25) is 0 Å². The third-order valence-electron chi connectivity index (χ3n) is 5.10. The molecule has 1 fully saturated rings. The molecule has 0 bridgehead atoms. The number of likely N-dealkylation sites (tertiary alicyclic amines) is 1. The number of methoxy groups -OCH3 is 1. The van der Waals surface area contributed by atoms with Gasteiger partial charge in [-0.05, 0) is 23.8 Å². The van der Waals surface area contributed by atoms with E-state index in [0.29, 0.717) is 30.1 Å². The lowest BCUT2D eigenvalue weighted by atomic mass is 9.86. The van der Waals surface area contributed by atoms with Crippen LogP contribution in [-0.2, 0) is 5.67 Å². The molecule has 2 heterocycles. The number of halogens is 1. The highest BCUT2D eigenvalue weighted by Crippen LogP contribution is 2.38. The van der Waals surface area contributed by atoms with Gasteiger partial charge in [-0.1, -0.05) is 30.3 Å². The number of nitrogens with zero attached hydrogens (tertiary/aromatic N) is 2. The van der Waals surface area contributed by atoms with Crippen LogP contribution in [0.25, 0.3) is 10.9 Å². The molecule has 0 aliphatic carbocycles. The standard InChI is InChI=1S/C20H20FN3O2/c1-26-15-6-4-5-14(13-15)20(21)9-11-24(12-10-20)19(25)18-16-7-2-3-8-17(16)22-23-18/h2-8,13H,9-12H2,1H3,(H,22,23). The normalized spacial score (nSPS) is 16.6. The number of ether oxygens (including phenoxy) is 1. The molecule has 2 aromatic carbocycles. The summed E-state index contributed by atoms with van der Waals surface area (Å²) in [5.41, 5.74) is 0.380. The summed E-state index contributed by atoms with van der Waals surface area (Å²) >= 11 is 0. The highest BCUT2D eigenvalue weighted by molar-refractivity contribution is 6.04. The number of benzene rings is 2. The zero-order valence-electron chi connectivity index (χ0n) is 14.5. The maximum atomic E-state index is 15.4. The number of hydrogen-bond acceptors (Lipinski definition) is 3. The molecule has 1 N–H and O–H groups in total. The Morgan fingerprint density at radius 2 is 1.96 bits per heavy atom. The average molecular weight is 353 g/mol. The number of amides is 1. The van der Waals surface area contributed by atoms with Gasteiger partial charge in [0.2, 0.25) is 0 Å². The second-order valence-corrected chi connectivity index (χ2v) is 6.61. The van der Waals surface area contributed by atoms with Crippen molar-refractivity contribution in [2.75, 3.05) is 20.2 Å². The van der Waals surface area contributed by atoms with Crippen LogP contribution in [0.5, 0.6) is 5.75 Å². The minimum Gasteiger partial charge on any atom is -0.497 e. The molecule has 1 aromatic heterocycles. The maximum Gasteiger partial charge on any atom is 0.274 e. The smallest absolute Gasteiger partial charge is 0.274 e. The number of hydrogen-bond donors (Lipinski definition) is 1. The molecule has 5 nitrogen and oxygen atoms in total. The Bertz CT molecular complexity index is 945. The van der Waals surface area contributed by atoms with Crippen molar-refractivity contribution in [3.05, 3.63) is 59.8 Å². The number of piperidine rings is 1. The van der Waals surface area contributed by atoms with E-state index in [9.17, 15) is 4.79 Å². The molecule has 1 saturated heterocycles. The highest BCUT2D eigenvalue weighted by Gasteiger charge is 2.38. The maximum absolute atomic E-state index is 15.4. The van der Waals surface area contributed by atoms with Crippen molar-refractivity contribution in [2.24, 2.45) is 0 Å². The van der Waals surface area contributed by atoms with Crippen LogP contribution in [0.15, 0.2) is 48.5 Å². The van der Waals surface area contributed by atoms with Crippen LogP contribution < -0.4 is 4.74 Å².